The molecule has 1 heterocycles. The van der Waals surface area contributed by atoms with Gasteiger partial charge in [-0.15, -0.1) is 0 Å². The van der Waals surface area contributed by atoms with E-state index in [9.17, 15) is 9.59 Å². The monoisotopic (exact) mass is 366 g/mol. The van der Waals surface area contributed by atoms with E-state index in [-0.39, 0.29) is 12.1 Å². The molecule has 6 nitrogen and oxygen atoms in total. The molecule has 1 atom stereocenters. The lowest BCUT2D eigenvalue weighted by molar-refractivity contribution is 0.1000. The summed E-state index contributed by atoms with van der Waals surface area (Å²) < 4.78 is 0. The largest absolute Gasteiger partial charge is 0.366 e. The number of nitrogens with two attached hydrogens (primary N) is 1. The molecule has 0 saturated carbocycles. The molecule has 1 aliphatic rings. The Morgan fingerprint density at radius 3 is 2.44 bits per heavy atom. The average Bonchev–Trinajstić information content (AvgIpc) is 3.22. The number of nitrogens with zero attached hydrogens (tertiary/aromatic N) is 1. The van der Waals surface area contributed by atoms with E-state index in [1.807, 2.05) is 24.3 Å². The summed E-state index contributed by atoms with van der Waals surface area (Å²) in [5.41, 5.74) is 7.78. The molecule has 1 saturated heterocycles. The van der Waals surface area contributed by atoms with E-state index in [2.05, 4.69) is 27.7 Å². The summed E-state index contributed by atoms with van der Waals surface area (Å²) in [6.07, 6.45) is 2.40. The van der Waals surface area contributed by atoms with Crippen LogP contribution >= 0.6 is 0 Å². The minimum atomic E-state index is -0.474. The summed E-state index contributed by atoms with van der Waals surface area (Å²) >= 11 is 0. The van der Waals surface area contributed by atoms with Crippen molar-refractivity contribution in [1.82, 2.24) is 15.5 Å². The Hall–Kier alpha value is -2.86. The number of amides is 3. The number of primary amides is 1. The van der Waals surface area contributed by atoms with Gasteiger partial charge in [0, 0.05) is 18.7 Å². The van der Waals surface area contributed by atoms with Gasteiger partial charge in [0.2, 0.25) is 5.91 Å². The van der Waals surface area contributed by atoms with Crippen molar-refractivity contribution >= 4 is 11.9 Å². The maximum Gasteiger partial charge on any atom is 0.315 e. The highest BCUT2D eigenvalue weighted by molar-refractivity contribution is 5.92. The normalized spacial score (nSPS) is 15.3. The molecule has 142 valence electrons. The molecule has 0 aliphatic carbocycles. The third-order valence-corrected chi connectivity index (χ3v) is 4.89. The van der Waals surface area contributed by atoms with Gasteiger partial charge in [0.15, 0.2) is 0 Å². The fourth-order valence-corrected chi connectivity index (χ4v) is 3.45. The molecule has 3 amide bonds. The first kappa shape index (κ1) is 18.9. The Balaban J connectivity index is 1.55. The Morgan fingerprint density at radius 1 is 1.00 bits per heavy atom. The van der Waals surface area contributed by atoms with Crippen molar-refractivity contribution < 1.29 is 9.59 Å². The van der Waals surface area contributed by atoms with Gasteiger partial charge in [-0.2, -0.15) is 0 Å². The van der Waals surface area contributed by atoms with Crippen molar-refractivity contribution in [3.8, 4) is 0 Å². The molecule has 1 unspecified atom stereocenters. The highest BCUT2D eigenvalue weighted by Crippen LogP contribution is 2.24. The number of hydrogen-bond acceptors (Lipinski definition) is 3. The molecule has 0 radical (unpaired) electrons. The van der Waals surface area contributed by atoms with Crippen LogP contribution in [0.2, 0.25) is 0 Å². The van der Waals surface area contributed by atoms with Crippen molar-refractivity contribution in [1.29, 1.82) is 0 Å². The summed E-state index contributed by atoms with van der Waals surface area (Å²) in [5, 5.41) is 5.82. The number of rotatable bonds is 7. The zero-order valence-electron chi connectivity index (χ0n) is 15.4. The second-order valence-corrected chi connectivity index (χ2v) is 6.80. The molecule has 2 aromatic carbocycles. The van der Waals surface area contributed by atoms with Crippen LogP contribution in [0.3, 0.4) is 0 Å². The minimum Gasteiger partial charge on any atom is -0.366 e. The minimum absolute atomic E-state index is 0.178. The van der Waals surface area contributed by atoms with Gasteiger partial charge in [-0.3, -0.25) is 9.69 Å². The van der Waals surface area contributed by atoms with E-state index < -0.39 is 5.91 Å². The van der Waals surface area contributed by atoms with Crippen LogP contribution < -0.4 is 16.4 Å². The summed E-state index contributed by atoms with van der Waals surface area (Å²) in [6, 6.07) is 17.2. The topological polar surface area (TPSA) is 87.5 Å². The van der Waals surface area contributed by atoms with Gasteiger partial charge in [0.25, 0.3) is 0 Å². The highest BCUT2D eigenvalue weighted by Gasteiger charge is 2.23. The lowest BCUT2D eigenvalue weighted by atomic mass is 10.1. The van der Waals surface area contributed by atoms with E-state index in [1.54, 1.807) is 18.2 Å². The van der Waals surface area contributed by atoms with E-state index in [0.717, 1.165) is 18.7 Å². The molecular weight excluding hydrogens is 340 g/mol. The van der Waals surface area contributed by atoms with Crippen LogP contribution in [0.1, 0.15) is 40.4 Å². The van der Waals surface area contributed by atoms with Gasteiger partial charge < -0.3 is 16.4 Å². The molecule has 2 aromatic rings. The van der Waals surface area contributed by atoms with Crippen LogP contribution in [0.15, 0.2) is 54.6 Å². The first-order chi connectivity index (χ1) is 13.1. The third-order valence-electron chi connectivity index (χ3n) is 4.89. The first-order valence-electron chi connectivity index (χ1n) is 9.33. The van der Waals surface area contributed by atoms with Gasteiger partial charge in [0.05, 0.1) is 6.04 Å². The number of hydrogen-bond donors (Lipinski definition) is 3. The van der Waals surface area contributed by atoms with E-state index >= 15 is 0 Å². The van der Waals surface area contributed by atoms with Crippen LogP contribution in [-0.2, 0) is 6.54 Å². The maximum atomic E-state index is 12.3. The summed E-state index contributed by atoms with van der Waals surface area (Å²) in [5.74, 6) is -0.474. The number of carbonyl (C=O) groups excluding carboxylic acids is 2. The standard InChI is InChI=1S/C21H26N4O2/c22-20(26)18-10-6-7-16(13-18)14-23-21(27)24-15-19(25-11-4-5-12-25)17-8-2-1-3-9-17/h1-3,6-10,13,19H,4-5,11-12,14-15H2,(H2,22,26)(H2,23,24,27). The molecule has 0 spiro atoms. The van der Waals surface area contributed by atoms with Gasteiger partial charge in [0.1, 0.15) is 0 Å². The van der Waals surface area contributed by atoms with Crippen molar-refractivity contribution in [2.45, 2.75) is 25.4 Å². The number of nitrogens with one attached hydrogen (secondary N) is 2. The first-order valence-corrected chi connectivity index (χ1v) is 9.33. The maximum absolute atomic E-state index is 12.3. The predicted octanol–water partition coefficient (Wildman–Crippen LogP) is 2.42. The molecule has 0 aromatic heterocycles. The van der Waals surface area contributed by atoms with E-state index in [0.29, 0.717) is 18.7 Å². The van der Waals surface area contributed by atoms with Crippen molar-refractivity contribution in [3.63, 3.8) is 0 Å². The summed E-state index contributed by atoms with van der Waals surface area (Å²) in [7, 11) is 0. The number of urea groups is 1. The second kappa shape index (κ2) is 9.19. The second-order valence-electron chi connectivity index (χ2n) is 6.80. The fraction of sp³-hybridized carbons (Fsp3) is 0.333. The van der Waals surface area contributed by atoms with Gasteiger partial charge >= 0.3 is 6.03 Å². The molecule has 3 rings (SSSR count). The van der Waals surface area contributed by atoms with Crippen LogP contribution in [0.25, 0.3) is 0 Å². The van der Waals surface area contributed by atoms with Crippen LogP contribution in [-0.4, -0.2) is 36.5 Å². The molecule has 1 fully saturated rings. The van der Waals surface area contributed by atoms with Gasteiger partial charge in [-0.1, -0.05) is 42.5 Å². The zero-order chi connectivity index (χ0) is 19.1. The van der Waals surface area contributed by atoms with Crippen molar-refractivity contribution in [2.24, 2.45) is 5.73 Å². The Labute approximate surface area is 159 Å². The molecular formula is C21H26N4O2. The van der Waals surface area contributed by atoms with E-state index in [1.165, 1.54) is 18.4 Å². The molecule has 27 heavy (non-hydrogen) atoms. The lowest BCUT2D eigenvalue weighted by Crippen LogP contribution is -2.41. The van der Waals surface area contributed by atoms with Crippen molar-refractivity contribution in [2.75, 3.05) is 19.6 Å². The van der Waals surface area contributed by atoms with Crippen molar-refractivity contribution in [3.05, 3.63) is 71.3 Å². The van der Waals surface area contributed by atoms with Crippen LogP contribution in [0, 0.1) is 0 Å². The van der Waals surface area contributed by atoms with Gasteiger partial charge in [-0.05, 0) is 49.2 Å². The molecule has 4 N–H and O–H groups in total. The van der Waals surface area contributed by atoms with Gasteiger partial charge in [-0.25, -0.2) is 4.79 Å². The Bertz CT molecular complexity index is 773. The van der Waals surface area contributed by atoms with Crippen LogP contribution in [0.5, 0.6) is 0 Å². The van der Waals surface area contributed by atoms with Crippen LogP contribution in [0.4, 0.5) is 4.79 Å². The molecule has 6 heteroatoms. The Morgan fingerprint density at radius 2 is 1.74 bits per heavy atom. The average molecular weight is 366 g/mol. The Kier molecular flexibility index (Phi) is 6.44. The quantitative estimate of drug-likeness (QED) is 0.703. The highest BCUT2D eigenvalue weighted by atomic mass is 16.2. The predicted molar refractivity (Wildman–Crippen MR) is 105 cm³/mol. The number of likely N-dealkylation sites (tertiary alicyclic amines) is 1. The molecule has 0 bridgehead atoms. The SMILES string of the molecule is NC(=O)c1cccc(CNC(=O)NCC(c2ccccc2)N2CCCC2)c1. The number of benzene rings is 2. The fourth-order valence-electron chi connectivity index (χ4n) is 3.45. The summed E-state index contributed by atoms with van der Waals surface area (Å²) in [6.45, 7) is 3.01. The lowest BCUT2D eigenvalue weighted by Gasteiger charge is -2.28. The summed E-state index contributed by atoms with van der Waals surface area (Å²) in [4.78, 5) is 25.9. The zero-order valence-corrected chi connectivity index (χ0v) is 15.4. The molecule has 1 aliphatic heterocycles. The van der Waals surface area contributed by atoms with E-state index in [4.69, 9.17) is 5.73 Å². The third kappa shape index (κ3) is 5.31. The number of carbonyl (C=O) groups is 2. The smallest absolute Gasteiger partial charge is 0.315 e.